The molecule has 1 fully saturated rings. The van der Waals surface area contributed by atoms with E-state index in [0.29, 0.717) is 16.5 Å². The molecule has 0 atom stereocenters. The summed E-state index contributed by atoms with van der Waals surface area (Å²) in [5.74, 6) is 1.09. The number of ether oxygens (including phenoxy) is 2. The smallest absolute Gasteiger partial charge is 0.179 e. The van der Waals surface area contributed by atoms with E-state index in [9.17, 15) is 5.11 Å². The summed E-state index contributed by atoms with van der Waals surface area (Å²) in [7, 11) is 3.11. The van der Waals surface area contributed by atoms with Gasteiger partial charge in [-0.2, -0.15) is 0 Å². The van der Waals surface area contributed by atoms with Crippen LogP contribution in [0, 0.1) is 6.92 Å². The number of aryl methyl sites for hydroxylation is 1. The van der Waals surface area contributed by atoms with Crippen molar-refractivity contribution in [2.24, 2.45) is 0 Å². The second-order valence-corrected chi connectivity index (χ2v) is 4.53. The third-order valence-electron chi connectivity index (χ3n) is 3.00. The molecule has 4 heteroatoms. The molecule has 0 aliphatic heterocycles. The fraction of sp³-hybridized carbons (Fsp3) is 0.500. The van der Waals surface area contributed by atoms with Crippen molar-refractivity contribution in [2.75, 3.05) is 14.2 Å². The van der Waals surface area contributed by atoms with E-state index >= 15 is 0 Å². The Morgan fingerprint density at radius 1 is 1.31 bits per heavy atom. The average Bonchev–Trinajstić information content (AvgIpc) is 2.96. The fourth-order valence-electron chi connectivity index (χ4n) is 2.01. The Kier molecular flexibility index (Phi) is 2.76. The number of rotatable bonds is 3. The van der Waals surface area contributed by atoms with Crippen molar-refractivity contribution in [2.45, 2.75) is 25.4 Å². The third-order valence-corrected chi connectivity index (χ3v) is 3.36. The maximum Gasteiger partial charge on any atom is 0.179 e. The van der Waals surface area contributed by atoms with Crippen LogP contribution in [0.3, 0.4) is 0 Å². The van der Waals surface area contributed by atoms with E-state index in [1.54, 1.807) is 14.2 Å². The first kappa shape index (κ1) is 11.6. The van der Waals surface area contributed by atoms with Crippen molar-refractivity contribution in [1.29, 1.82) is 0 Å². The predicted molar refractivity (Wildman–Crippen MR) is 62.4 cm³/mol. The van der Waals surface area contributed by atoms with Gasteiger partial charge >= 0.3 is 0 Å². The molecule has 1 N–H and O–H groups in total. The van der Waals surface area contributed by atoms with Crippen LogP contribution in [-0.2, 0) is 5.60 Å². The Bertz CT molecular complexity index is 425. The molecule has 88 valence electrons. The van der Waals surface area contributed by atoms with Gasteiger partial charge in [-0.25, -0.2) is 0 Å². The molecule has 0 heterocycles. The largest absolute Gasteiger partial charge is 0.493 e. The van der Waals surface area contributed by atoms with E-state index in [1.165, 1.54) is 0 Å². The molecule has 0 unspecified atom stereocenters. The quantitative estimate of drug-likeness (QED) is 0.886. The van der Waals surface area contributed by atoms with Crippen molar-refractivity contribution in [3.05, 3.63) is 22.2 Å². The molecule has 0 saturated heterocycles. The zero-order valence-electron chi connectivity index (χ0n) is 9.63. The van der Waals surface area contributed by atoms with Crippen LogP contribution in [0.4, 0.5) is 0 Å². The van der Waals surface area contributed by atoms with Crippen molar-refractivity contribution in [1.82, 2.24) is 0 Å². The van der Waals surface area contributed by atoms with Crippen molar-refractivity contribution < 1.29 is 14.6 Å². The van der Waals surface area contributed by atoms with E-state index < -0.39 is 5.60 Å². The normalized spacial score (nSPS) is 17.1. The van der Waals surface area contributed by atoms with E-state index in [0.717, 1.165) is 24.0 Å². The molecule has 1 aliphatic carbocycles. The summed E-state index contributed by atoms with van der Waals surface area (Å²) in [6.07, 6.45) is 1.51. The summed E-state index contributed by atoms with van der Waals surface area (Å²) in [6, 6.07) is 1.84. The van der Waals surface area contributed by atoms with Crippen molar-refractivity contribution in [3.8, 4) is 11.5 Å². The zero-order chi connectivity index (χ0) is 11.9. The number of hydrogen-bond acceptors (Lipinski definition) is 3. The second kappa shape index (κ2) is 3.82. The number of methoxy groups -OCH3 is 2. The summed E-state index contributed by atoms with van der Waals surface area (Å²) in [5, 5.41) is 10.6. The van der Waals surface area contributed by atoms with E-state index in [1.807, 2.05) is 13.0 Å². The third kappa shape index (κ3) is 1.64. The van der Waals surface area contributed by atoms with Gasteiger partial charge in [-0.15, -0.1) is 0 Å². The Balaban J connectivity index is 2.62. The molecular formula is C12H15ClO3. The van der Waals surface area contributed by atoms with Gasteiger partial charge in [-0.05, 0) is 31.4 Å². The summed E-state index contributed by atoms with van der Waals surface area (Å²) < 4.78 is 10.4. The molecule has 2 rings (SSSR count). The molecule has 1 aliphatic rings. The molecule has 0 spiro atoms. The lowest BCUT2D eigenvalue weighted by atomic mass is 10.0. The molecule has 0 bridgehead atoms. The zero-order valence-corrected chi connectivity index (χ0v) is 10.4. The number of hydrogen-bond donors (Lipinski definition) is 1. The maximum absolute atomic E-state index is 10.2. The van der Waals surface area contributed by atoms with Gasteiger partial charge in [-0.1, -0.05) is 11.6 Å². The minimum atomic E-state index is -0.763. The Morgan fingerprint density at radius 3 is 2.38 bits per heavy atom. The highest BCUT2D eigenvalue weighted by Gasteiger charge is 2.45. The van der Waals surface area contributed by atoms with Gasteiger partial charge in [0.2, 0.25) is 0 Å². The molecule has 0 aromatic heterocycles. The average molecular weight is 243 g/mol. The van der Waals surface area contributed by atoms with Crippen LogP contribution in [0.15, 0.2) is 6.07 Å². The molecule has 1 saturated carbocycles. The molecule has 16 heavy (non-hydrogen) atoms. The van der Waals surface area contributed by atoms with Crippen LogP contribution >= 0.6 is 11.6 Å². The van der Waals surface area contributed by atoms with E-state index in [-0.39, 0.29) is 0 Å². The van der Waals surface area contributed by atoms with Crippen LogP contribution in [0.1, 0.15) is 24.0 Å². The van der Waals surface area contributed by atoms with E-state index in [4.69, 9.17) is 21.1 Å². The summed E-state index contributed by atoms with van der Waals surface area (Å²) in [4.78, 5) is 0. The lowest BCUT2D eigenvalue weighted by molar-refractivity contribution is 0.150. The van der Waals surface area contributed by atoms with Crippen LogP contribution in [0.25, 0.3) is 0 Å². The highest BCUT2D eigenvalue weighted by molar-refractivity contribution is 6.33. The standard InChI is InChI=1S/C12H15ClO3/c1-7-6-8(15-2)11(16-3)10(13)9(7)12(14)4-5-12/h6,14H,4-5H2,1-3H3. The molecule has 0 amide bonds. The first-order chi connectivity index (χ1) is 7.53. The van der Waals surface area contributed by atoms with E-state index in [2.05, 4.69) is 0 Å². The Morgan fingerprint density at radius 2 is 1.94 bits per heavy atom. The van der Waals surface area contributed by atoms with Gasteiger partial charge in [0.05, 0.1) is 24.8 Å². The van der Waals surface area contributed by atoms with Gasteiger partial charge < -0.3 is 14.6 Å². The predicted octanol–water partition coefficient (Wildman–Crippen LogP) is 2.65. The highest BCUT2D eigenvalue weighted by Crippen LogP contribution is 2.53. The topological polar surface area (TPSA) is 38.7 Å². The number of benzene rings is 1. The summed E-state index contributed by atoms with van der Waals surface area (Å²) >= 11 is 6.26. The molecule has 1 aromatic carbocycles. The minimum absolute atomic E-state index is 0.458. The lowest BCUT2D eigenvalue weighted by Crippen LogP contribution is -2.09. The van der Waals surface area contributed by atoms with Crippen molar-refractivity contribution >= 4 is 11.6 Å². The van der Waals surface area contributed by atoms with Gasteiger partial charge in [0.1, 0.15) is 0 Å². The maximum atomic E-state index is 10.2. The van der Waals surface area contributed by atoms with Crippen LogP contribution < -0.4 is 9.47 Å². The molecular weight excluding hydrogens is 228 g/mol. The second-order valence-electron chi connectivity index (χ2n) is 4.15. The molecule has 3 nitrogen and oxygen atoms in total. The van der Waals surface area contributed by atoms with Gasteiger partial charge in [-0.3, -0.25) is 0 Å². The lowest BCUT2D eigenvalue weighted by Gasteiger charge is -2.18. The molecule has 1 aromatic rings. The van der Waals surface area contributed by atoms with Gasteiger partial charge in [0, 0.05) is 5.56 Å². The monoisotopic (exact) mass is 242 g/mol. The SMILES string of the molecule is COc1cc(C)c(C2(O)CC2)c(Cl)c1OC. The van der Waals surface area contributed by atoms with Gasteiger partial charge in [0.15, 0.2) is 11.5 Å². The highest BCUT2D eigenvalue weighted by atomic mass is 35.5. The first-order valence-corrected chi connectivity index (χ1v) is 5.55. The Hall–Kier alpha value is -0.930. The fourth-order valence-corrected chi connectivity index (χ4v) is 2.51. The van der Waals surface area contributed by atoms with Gasteiger partial charge in [0.25, 0.3) is 0 Å². The van der Waals surface area contributed by atoms with Crippen LogP contribution in [0.2, 0.25) is 5.02 Å². The summed E-state index contributed by atoms with van der Waals surface area (Å²) in [6.45, 7) is 1.92. The minimum Gasteiger partial charge on any atom is -0.493 e. The number of halogens is 1. The Labute approximate surface area is 99.9 Å². The first-order valence-electron chi connectivity index (χ1n) is 5.17. The molecule has 0 radical (unpaired) electrons. The van der Waals surface area contributed by atoms with Crippen LogP contribution in [-0.4, -0.2) is 19.3 Å². The summed E-state index contributed by atoms with van der Waals surface area (Å²) in [5.41, 5.74) is 0.940. The van der Waals surface area contributed by atoms with Crippen molar-refractivity contribution in [3.63, 3.8) is 0 Å². The van der Waals surface area contributed by atoms with Crippen LogP contribution in [0.5, 0.6) is 11.5 Å². The number of aliphatic hydroxyl groups is 1.